The highest BCUT2D eigenvalue weighted by Crippen LogP contribution is 2.32. The van der Waals surface area contributed by atoms with Crippen LogP contribution >= 0.6 is 0 Å². The van der Waals surface area contributed by atoms with Crippen molar-refractivity contribution in [3.63, 3.8) is 0 Å². The molecule has 0 unspecified atom stereocenters. The van der Waals surface area contributed by atoms with Gasteiger partial charge >= 0.3 is 0 Å². The Kier molecular flexibility index (Phi) is 3.52. The Morgan fingerprint density at radius 1 is 1.33 bits per heavy atom. The van der Waals surface area contributed by atoms with Crippen LogP contribution in [0, 0.1) is 24.0 Å². The topological polar surface area (TPSA) is 64.4 Å². The van der Waals surface area contributed by atoms with Gasteiger partial charge in [-0.25, -0.2) is 0 Å². The fraction of sp³-hybridized carbons (Fsp3) is 0.538. The Bertz CT molecular complexity index is 468. The maximum absolute atomic E-state index is 11.0. The minimum absolute atomic E-state index is 0.152. The summed E-state index contributed by atoms with van der Waals surface area (Å²) in [6, 6.07) is 3.76. The van der Waals surface area contributed by atoms with Crippen molar-refractivity contribution in [2.75, 3.05) is 12.4 Å². The van der Waals surface area contributed by atoms with Gasteiger partial charge in [-0.05, 0) is 43.9 Å². The second-order valence-corrected chi connectivity index (χ2v) is 4.88. The van der Waals surface area contributed by atoms with E-state index in [0.717, 1.165) is 24.0 Å². The van der Waals surface area contributed by atoms with Crippen molar-refractivity contribution in [3.8, 4) is 0 Å². The smallest absolute Gasteiger partial charge is 0.292 e. The van der Waals surface area contributed by atoms with Crippen LogP contribution in [0.25, 0.3) is 0 Å². The van der Waals surface area contributed by atoms with Gasteiger partial charge in [0, 0.05) is 19.2 Å². The van der Waals surface area contributed by atoms with E-state index in [-0.39, 0.29) is 22.8 Å². The molecule has 5 heteroatoms. The van der Waals surface area contributed by atoms with E-state index in [4.69, 9.17) is 4.74 Å². The Hall–Kier alpha value is -1.62. The monoisotopic (exact) mass is 250 g/mol. The number of ether oxygens (including phenoxy) is 1. The lowest BCUT2D eigenvalue weighted by Crippen LogP contribution is -2.40. The normalized spacial score (nSPS) is 22.4. The van der Waals surface area contributed by atoms with Crippen LogP contribution in [0.4, 0.5) is 11.4 Å². The maximum Gasteiger partial charge on any atom is 0.292 e. The first-order valence-corrected chi connectivity index (χ1v) is 6.06. The molecule has 0 spiro atoms. The van der Waals surface area contributed by atoms with Gasteiger partial charge < -0.3 is 10.1 Å². The summed E-state index contributed by atoms with van der Waals surface area (Å²) >= 11 is 0. The SMILES string of the molecule is COC1CC(Nc2cc(C)c(C)cc2[N+](=O)[O-])C1. The summed E-state index contributed by atoms with van der Waals surface area (Å²) in [4.78, 5) is 10.7. The van der Waals surface area contributed by atoms with Crippen molar-refractivity contribution in [2.45, 2.75) is 38.8 Å². The van der Waals surface area contributed by atoms with Gasteiger partial charge in [0.1, 0.15) is 5.69 Å². The van der Waals surface area contributed by atoms with Crippen LogP contribution in [0.1, 0.15) is 24.0 Å². The second-order valence-electron chi connectivity index (χ2n) is 4.88. The molecule has 1 N–H and O–H groups in total. The fourth-order valence-electron chi connectivity index (χ4n) is 2.16. The number of benzene rings is 1. The minimum Gasteiger partial charge on any atom is -0.381 e. The zero-order valence-corrected chi connectivity index (χ0v) is 10.9. The molecule has 0 heterocycles. The van der Waals surface area contributed by atoms with E-state index in [1.54, 1.807) is 13.2 Å². The number of nitrogens with zero attached hydrogens (tertiary/aromatic N) is 1. The Morgan fingerprint density at radius 3 is 2.50 bits per heavy atom. The molecule has 0 atom stereocenters. The third-order valence-corrected chi connectivity index (χ3v) is 3.60. The summed E-state index contributed by atoms with van der Waals surface area (Å²) in [6.45, 7) is 3.85. The standard InChI is InChI=1S/C13H18N2O3/c1-8-4-12(13(15(16)17)5-9(8)2)14-10-6-11(7-10)18-3/h4-5,10-11,14H,6-7H2,1-3H3. The molecule has 1 aromatic rings. The van der Waals surface area contributed by atoms with Crippen molar-refractivity contribution in [1.82, 2.24) is 0 Å². The Morgan fingerprint density at radius 2 is 1.94 bits per heavy atom. The van der Waals surface area contributed by atoms with E-state index in [2.05, 4.69) is 5.32 Å². The van der Waals surface area contributed by atoms with Gasteiger partial charge in [0.05, 0.1) is 11.0 Å². The first-order chi connectivity index (χ1) is 8.51. The van der Waals surface area contributed by atoms with Crippen LogP contribution in [0.2, 0.25) is 0 Å². The van der Waals surface area contributed by atoms with Crippen LogP contribution in [0.5, 0.6) is 0 Å². The van der Waals surface area contributed by atoms with Crippen LogP contribution in [0.3, 0.4) is 0 Å². The number of hydrogen-bond acceptors (Lipinski definition) is 4. The molecule has 18 heavy (non-hydrogen) atoms. The lowest BCUT2D eigenvalue weighted by Gasteiger charge is -2.35. The molecule has 98 valence electrons. The van der Waals surface area contributed by atoms with E-state index < -0.39 is 0 Å². The van der Waals surface area contributed by atoms with Crippen LogP contribution in [0.15, 0.2) is 12.1 Å². The Labute approximate surface area is 106 Å². The van der Waals surface area contributed by atoms with Gasteiger partial charge in [0.15, 0.2) is 0 Å². The van der Waals surface area contributed by atoms with Gasteiger partial charge in [0.25, 0.3) is 5.69 Å². The van der Waals surface area contributed by atoms with Crippen molar-refractivity contribution < 1.29 is 9.66 Å². The molecule has 5 nitrogen and oxygen atoms in total. The number of aryl methyl sites for hydroxylation is 2. The van der Waals surface area contributed by atoms with Crippen molar-refractivity contribution in [2.24, 2.45) is 0 Å². The summed E-state index contributed by atoms with van der Waals surface area (Å²) in [6.07, 6.45) is 2.09. The highest BCUT2D eigenvalue weighted by atomic mass is 16.6. The summed E-state index contributed by atoms with van der Waals surface area (Å²) in [7, 11) is 1.69. The average molecular weight is 250 g/mol. The lowest BCUT2D eigenvalue weighted by molar-refractivity contribution is -0.384. The molecule has 2 rings (SSSR count). The third-order valence-electron chi connectivity index (χ3n) is 3.60. The molecule has 1 fully saturated rings. The minimum atomic E-state index is -0.332. The number of methoxy groups -OCH3 is 1. The quantitative estimate of drug-likeness (QED) is 0.659. The molecule has 0 aliphatic heterocycles. The van der Waals surface area contributed by atoms with Crippen molar-refractivity contribution in [3.05, 3.63) is 33.4 Å². The summed E-state index contributed by atoms with van der Waals surface area (Å²) < 4.78 is 5.20. The average Bonchev–Trinajstić information content (AvgIpc) is 2.26. The van der Waals surface area contributed by atoms with Gasteiger partial charge in [-0.3, -0.25) is 10.1 Å². The maximum atomic E-state index is 11.0. The molecule has 0 saturated heterocycles. The molecule has 1 aliphatic rings. The molecule has 1 aromatic carbocycles. The molecule has 0 amide bonds. The number of hydrogen-bond donors (Lipinski definition) is 1. The number of nitro benzene ring substituents is 1. The first kappa shape index (κ1) is 12.8. The summed E-state index contributed by atoms with van der Waals surface area (Å²) in [5, 5.41) is 14.3. The van der Waals surface area contributed by atoms with E-state index in [0.29, 0.717) is 5.69 Å². The van der Waals surface area contributed by atoms with Gasteiger partial charge in [-0.1, -0.05) is 0 Å². The predicted molar refractivity (Wildman–Crippen MR) is 70.0 cm³/mol. The highest BCUT2D eigenvalue weighted by molar-refractivity contribution is 5.65. The third kappa shape index (κ3) is 2.46. The lowest BCUT2D eigenvalue weighted by atomic mass is 9.89. The van der Waals surface area contributed by atoms with E-state index in [1.165, 1.54) is 0 Å². The highest BCUT2D eigenvalue weighted by Gasteiger charge is 2.30. The van der Waals surface area contributed by atoms with Crippen molar-refractivity contribution in [1.29, 1.82) is 0 Å². The van der Waals surface area contributed by atoms with Gasteiger partial charge in [0.2, 0.25) is 0 Å². The predicted octanol–water partition coefficient (Wildman–Crippen LogP) is 2.80. The molecule has 1 aliphatic carbocycles. The summed E-state index contributed by atoms with van der Waals surface area (Å²) in [5.41, 5.74) is 2.77. The largest absolute Gasteiger partial charge is 0.381 e. The second kappa shape index (κ2) is 4.94. The first-order valence-electron chi connectivity index (χ1n) is 6.06. The molecular formula is C13H18N2O3. The number of nitro groups is 1. The van der Waals surface area contributed by atoms with E-state index >= 15 is 0 Å². The summed E-state index contributed by atoms with van der Waals surface area (Å²) in [5.74, 6) is 0. The zero-order valence-electron chi connectivity index (χ0n) is 10.9. The number of anilines is 1. The zero-order chi connectivity index (χ0) is 13.3. The van der Waals surface area contributed by atoms with Gasteiger partial charge in [-0.2, -0.15) is 0 Å². The molecular weight excluding hydrogens is 232 g/mol. The molecule has 1 saturated carbocycles. The Balaban J connectivity index is 2.16. The molecule has 0 bridgehead atoms. The van der Waals surface area contributed by atoms with Gasteiger partial charge in [-0.15, -0.1) is 0 Å². The molecule has 0 aromatic heterocycles. The van der Waals surface area contributed by atoms with Crippen LogP contribution in [-0.2, 0) is 4.74 Å². The number of rotatable bonds is 4. The van der Waals surface area contributed by atoms with Crippen LogP contribution < -0.4 is 5.32 Å². The molecule has 0 radical (unpaired) electrons. The fourth-order valence-corrected chi connectivity index (χ4v) is 2.16. The van der Waals surface area contributed by atoms with Crippen LogP contribution in [-0.4, -0.2) is 24.2 Å². The van der Waals surface area contributed by atoms with E-state index in [1.807, 2.05) is 19.9 Å². The number of nitrogens with one attached hydrogen (secondary N) is 1. The van der Waals surface area contributed by atoms with Crippen molar-refractivity contribution >= 4 is 11.4 Å². The van der Waals surface area contributed by atoms with E-state index in [9.17, 15) is 10.1 Å².